The van der Waals surface area contributed by atoms with Crippen LogP contribution in [0.1, 0.15) is 30.5 Å². The van der Waals surface area contributed by atoms with Crippen LogP contribution in [0.4, 0.5) is 5.69 Å². The van der Waals surface area contributed by atoms with Crippen molar-refractivity contribution in [3.8, 4) is 23.0 Å². The molecule has 8 nitrogen and oxygen atoms in total. The Hall–Kier alpha value is -4.46. The number of aliphatic hydroxyl groups is 1. The highest BCUT2D eigenvalue weighted by Crippen LogP contribution is 2.45. The van der Waals surface area contributed by atoms with Gasteiger partial charge in [-0.05, 0) is 48.4 Å². The molecular weight excluding hydrogens is 474 g/mol. The summed E-state index contributed by atoms with van der Waals surface area (Å²) in [4.78, 5) is 28.3. The monoisotopic (exact) mass is 503 g/mol. The lowest BCUT2D eigenvalue weighted by Crippen LogP contribution is -2.29. The minimum Gasteiger partial charge on any atom is -0.506 e. The van der Waals surface area contributed by atoms with E-state index in [0.29, 0.717) is 40.9 Å². The fourth-order valence-electron chi connectivity index (χ4n) is 4.36. The van der Waals surface area contributed by atoms with Crippen LogP contribution in [0.2, 0.25) is 0 Å². The lowest BCUT2D eigenvalue weighted by Gasteiger charge is -2.26. The molecule has 1 atom stereocenters. The van der Waals surface area contributed by atoms with E-state index in [2.05, 4.69) is 0 Å². The van der Waals surface area contributed by atoms with Crippen molar-refractivity contribution < 1.29 is 33.6 Å². The molecule has 3 aromatic rings. The van der Waals surface area contributed by atoms with E-state index in [-0.39, 0.29) is 11.1 Å². The highest BCUT2D eigenvalue weighted by atomic mass is 16.5. The van der Waals surface area contributed by atoms with E-state index in [1.165, 1.54) is 26.2 Å². The number of carbonyl (C=O) groups is 2. The number of nitrogens with zero attached hydrogens (tertiary/aromatic N) is 1. The molecule has 0 aromatic heterocycles. The Balaban J connectivity index is 1.95. The van der Waals surface area contributed by atoms with Crippen molar-refractivity contribution in [3.63, 3.8) is 0 Å². The Morgan fingerprint density at radius 1 is 0.865 bits per heavy atom. The summed E-state index contributed by atoms with van der Waals surface area (Å²) in [6.45, 7) is 2.58. The summed E-state index contributed by atoms with van der Waals surface area (Å²) in [7, 11) is 4.42. The van der Waals surface area contributed by atoms with Crippen LogP contribution in [0.5, 0.6) is 23.0 Å². The molecule has 0 bridgehead atoms. The summed E-state index contributed by atoms with van der Waals surface area (Å²) in [6, 6.07) is 18.0. The van der Waals surface area contributed by atoms with E-state index in [1.54, 1.807) is 66.7 Å². The zero-order valence-corrected chi connectivity index (χ0v) is 21.2. The van der Waals surface area contributed by atoms with Gasteiger partial charge in [0.25, 0.3) is 11.7 Å². The SMILES string of the molecule is CCCOc1ccc(C2/C(=C(\O)c3c(OC)cccc3OC)C(=O)C(=O)N2c2cccc(OC)c2)cc1. The zero-order valence-electron chi connectivity index (χ0n) is 21.2. The van der Waals surface area contributed by atoms with E-state index in [9.17, 15) is 14.7 Å². The number of amides is 1. The van der Waals surface area contributed by atoms with Gasteiger partial charge >= 0.3 is 0 Å². The van der Waals surface area contributed by atoms with Crippen molar-refractivity contribution in [3.05, 3.63) is 83.4 Å². The molecule has 1 saturated heterocycles. The van der Waals surface area contributed by atoms with E-state index < -0.39 is 23.5 Å². The van der Waals surface area contributed by atoms with Gasteiger partial charge in [0.15, 0.2) is 0 Å². The van der Waals surface area contributed by atoms with Crippen LogP contribution in [0.25, 0.3) is 5.76 Å². The van der Waals surface area contributed by atoms with Gasteiger partial charge in [-0.2, -0.15) is 0 Å². The van der Waals surface area contributed by atoms with Crippen LogP contribution in [0.3, 0.4) is 0 Å². The van der Waals surface area contributed by atoms with Gasteiger partial charge in [-0.25, -0.2) is 0 Å². The van der Waals surface area contributed by atoms with Crippen LogP contribution in [-0.4, -0.2) is 44.7 Å². The number of ketones is 1. The molecule has 1 amide bonds. The maximum absolute atomic E-state index is 13.5. The number of rotatable bonds is 9. The third kappa shape index (κ3) is 4.82. The quantitative estimate of drug-likeness (QED) is 0.246. The molecule has 0 radical (unpaired) electrons. The topological polar surface area (TPSA) is 94.5 Å². The smallest absolute Gasteiger partial charge is 0.300 e. The fraction of sp³-hybridized carbons (Fsp3) is 0.241. The zero-order chi connectivity index (χ0) is 26.5. The van der Waals surface area contributed by atoms with Crippen molar-refractivity contribution in [2.45, 2.75) is 19.4 Å². The maximum atomic E-state index is 13.5. The molecule has 1 N–H and O–H groups in total. The second-order valence-electron chi connectivity index (χ2n) is 8.33. The van der Waals surface area contributed by atoms with Gasteiger partial charge in [0, 0.05) is 11.8 Å². The van der Waals surface area contributed by atoms with Crippen LogP contribution in [0, 0.1) is 0 Å². The molecule has 37 heavy (non-hydrogen) atoms. The predicted octanol–water partition coefficient (Wildman–Crippen LogP) is 5.13. The summed E-state index contributed by atoms with van der Waals surface area (Å²) >= 11 is 0. The summed E-state index contributed by atoms with van der Waals surface area (Å²) in [5, 5.41) is 11.6. The number of aliphatic hydroxyl groups excluding tert-OH is 1. The first-order valence-corrected chi connectivity index (χ1v) is 11.8. The van der Waals surface area contributed by atoms with Crippen LogP contribution < -0.4 is 23.8 Å². The first-order valence-electron chi connectivity index (χ1n) is 11.8. The third-order valence-electron chi connectivity index (χ3n) is 6.11. The first kappa shape index (κ1) is 25.6. The second kappa shape index (κ2) is 11.1. The summed E-state index contributed by atoms with van der Waals surface area (Å²) in [5.41, 5.74) is 1.16. The molecule has 4 rings (SSSR count). The Kier molecular flexibility index (Phi) is 7.67. The van der Waals surface area contributed by atoms with E-state index >= 15 is 0 Å². The summed E-state index contributed by atoms with van der Waals surface area (Å²) in [5.74, 6) is -0.222. The van der Waals surface area contributed by atoms with Gasteiger partial charge in [-0.1, -0.05) is 31.2 Å². The number of benzene rings is 3. The van der Waals surface area contributed by atoms with E-state index in [0.717, 1.165) is 6.42 Å². The number of carbonyl (C=O) groups excluding carboxylic acids is 2. The Morgan fingerprint density at radius 2 is 1.51 bits per heavy atom. The molecule has 0 aliphatic carbocycles. The molecule has 1 heterocycles. The van der Waals surface area contributed by atoms with Gasteiger partial charge in [0.1, 0.15) is 34.3 Å². The minimum atomic E-state index is -0.929. The van der Waals surface area contributed by atoms with Crippen LogP contribution >= 0.6 is 0 Å². The van der Waals surface area contributed by atoms with Crippen molar-refractivity contribution in [1.29, 1.82) is 0 Å². The number of ether oxygens (including phenoxy) is 4. The Bertz CT molecular complexity index is 1310. The largest absolute Gasteiger partial charge is 0.506 e. The van der Waals surface area contributed by atoms with Gasteiger partial charge in [0.05, 0.1) is 39.6 Å². The normalized spacial score (nSPS) is 16.5. The number of hydrogen-bond donors (Lipinski definition) is 1. The Labute approximate surface area is 215 Å². The lowest BCUT2D eigenvalue weighted by atomic mass is 9.94. The number of anilines is 1. The Morgan fingerprint density at radius 3 is 2.11 bits per heavy atom. The standard InChI is InChI=1S/C29H29NO7/c1-5-16-37-20-14-12-18(13-15-20)26-25(27(31)24-22(35-3)10-7-11-23(24)36-4)28(32)29(33)30(26)19-8-6-9-21(17-19)34-2/h6-15,17,26,31H,5,16H2,1-4H3/b27-25+. The van der Waals surface area contributed by atoms with E-state index in [1.807, 2.05) is 6.92 Å². The van der Waals surface area contributed by atoms with Gasteiger partial charge in [-0.15, -0.1) is 0 Å². The highest BCUT2D eigenvalue weighted by molar-refractivity contribution is 6.51. The fourth-order valence-corrected chi connectivity index (χ4v) is 4.36. The molecule has 1 unspecified atom stereocenters. The van der Waals surface area contributed by atoms with Crippen molar-refractivity contribution in [1.82, 2.24) is 0 Å². The van der Waals surface area contributed by atoms with Crippen LogP contribution in [-0.2, 0) is 9.59 Å². The van der Waals surface area contributed by atoms with Crippen LogP contribution in [0.15, 0.2) is 72.3 Å². The molecule has 1 aliphatic rings. The molecular formula is C29H29NO7. The van der Waals surface area contributed by atoms with Gasteiger partial charge in [0.2, 0.25) is 0 Å². The summed E-state index contributed by atoms with van der Waals surface area (Å²) < 4.78 is 21.9. The lowest BCUT2D eigenvalue weighted by molar-refractivity contribution is -0.132. The molecule has 192 valence electrons. The van der Waals surface area contributed by atoms with Crippen molar-refractivity contribution >= 4 is 23.1 Å². The number of hydrogen-bond acceptors (Lipinski definition) is 7. The van der Waals surface area contributed by atoms with E-state index in [4.69, 9.17) is 18.9 Å². The maximum Gasteiger partial charge on any atom is 0.300 e. The number of methoxy groups -OCH3 is 3. The highest BCUT2D eigenvalue weighted by Gasteiger charge is 2.47. The molecule has 0 spiro atoms. The number of Topliss-reactive ketones (excluding diaryl/α,β-unsaturated/α-hetero) is 1. The summed E-state index contributed by atoms with van der Waals surface area (Å²) in [6.07, 6.45) is 0.860. The van der Waals surface area contributed by atoms with Gasteiger partial charge < -0.3 is 24.1 Å². The molecule has 1 fully saturated rings. The average molecular weight is 504 g/mol. The minimum absolute atomic E-state index is 0.0853. The molecule has 1 aliphatic heterocycles. The first-order chi connectivity index (χ1) is 17.9. The molecule has 0 saturated carbocycles. The third-order valence-corrected chi connectivity index (χ3v) is 6.11. The average Bonchev–Trinajstić information content (AvgIpc) is 3.21. The second-order valence-corrected chi connectivity index (χ2v) is 8.33. The van der Waals surface area contributed by atoms with Gasteiger partial charge in [-0.3, -0.25) is 14.5 Å². The molecule has 3 aromatic carbocycles. The van der Waals surface area contributed by atoms with Crippen molar-refractivity contribution in [2.24, 2.45) is 0 Å². The predicted molar refractivity (Wildman–Crippen MR) is 140 cm³/mol. The molecule has 8 heteroatoms. The van der Waals surface area contributed by atoms with Crippen molar-refractivity contribution in [2.75, 3.05) is 32.8 Å².